The minimum atomic E-state index is -0.631. The highest BCUT2D eigenvalue weighted by Gasteiger charge is 2.36. The standard InChI is InChI=1S/C15H20O2/c1-2-11-9-6-10-13(16)14(11)15(17)12-7-4-3-5-8-12/h3-5,7-8,11,14-15,17H,2,6,9-10H2,1H3/t11-,14-,15-/m0/s1. The summed E-state index contributed by atoms with van der Waals surface area (Å²) in [4.78, 5) is 12.0. The smallest absolute Gasteiger partial charge is 0.139 e. The first-order chi connectivity index (χ1) is 8.24. The molecule has 0 spiro atoms. The second-order valence-corrected chi connectivity index (χ2v) is 4.91. The van der Waals surface area contributed by atoms with Crippen molar-refractivity contribution in [2.75, 3.05) is 0 Å². The van der Waals surface area contributed by atoms with Crippen molar-refractivity contribution >= 4 is 5.78 Å². The Kier molecular flexibility index (Phi) is 3.95. The van der Waals surface area contributed by atoms with E-state index in [1.165, 1.54) is 0 Å². The summed E-state index contributed by atoms with van der Waals surface area (Å²) >= 11 is 0. The van der Waals surface area contributed by atoms with Crippen molar-refractivity contribution in [3.8, 4) is 0 Å². The summed E-state index contributed by atoms with van der Waals surface area (Å²) < 4.78 is 0. The molecule has 0 aromatic heterocycles. The Morgan fingerprint density at radius 3 is 2.71 bits per heavy atom. The Morgan fingerprint density at radius 2 is 2.06 bits per heavy atom. The summed E-state index contributed by atoms with van der Waals surface area (Å²) in [6.07, 6.45) is 3.02. The number of carbonyl (C=O) groups is 1. The van der Waals surface area contributed by atoms with Gasteiger partial charge >= 0.3 is 0 Å². The minimum Gasteiger partial charge on any atom is -0.388 e. The van der Waals surface area contributed by atoms with Gasteiger partial charge in [0.05, 0.1) is 12.0 Å². The summed E-state index contributed by atoms with van der Waals surface area (Å²) in [5.74, 6) is 0.377. The molecule has 1 aliphatic rings. The van der Waals surface area contributed by atoms with Gasteiger partial charge in [-0.3, -0.25) is 4.79 Å². The summed E-state index contributed by atoms with van der Waals surface area (Å²) in [6.45, 7) is 2.11. The quantitative estimate of drug-likeness (QED) is 0.869. The second kappa shape index (κ2) is 5.46. The van der Waals surface area contributed by atoms with Gasteiger partial charge in [-0.25, -0.2) is 0 Å². The van der Waals surface area contributed by atoms with Gasteiger partial charge in [0.1, 0.15) is 5.78 Å². The van der Waals surface area contributed by atoms with Crippen LogP contribution in [0.5, 0.6) is 0 Å². The number of aliphatic hydroxyl groups is 1. The fraction of sp³-hybridized carbons (Fsp3) is 0.533. The second-order valence-electron chi connectivity index (χ2n) is 4.91. The maximum absolute atomic E-state index is 12.0. The number of hydrogen-bond acceptors (Lipinski definition) is 2. The lowest BCUT2D eigenvalue weighted by atomic mass is 9.72. The fourth-order valence-corrected chi connectivity index (χ4v) is 2.90. The van der Waals surface area contributed by atoms with Gasteiger partial charge < -0.3 is 5.11 Å². The minimum absolute atomic E-state index is 0.198. The van der Waals surface area contributed by atoms with Gasteiger partial charge in [-0.2, -0.15) is 0 Å². The van der Waals surface area contributed by atoms with Crippen LogP contribution in [0, 0.1) is 11.8 Å². The van der Waals surface area contributed by atoms with Crippen LogP contribution >= 0.6 is 0 Å². The zero-order chi connectivity index (χ0) is 12.3. The van der Waals surface area contributed by atoms with Crippen molar-refractivity contribution in [3.63, 3.8) is 0 Å². The van der Waals surface area contributed by atoms with Gasteiger partial charge in [0, 0.05) is 6.42 Å². The summed E-state index contributed by atoms with van der Waals surface area (Å²) in [5.41, 5.74) is 0.867. The highest BCUT2D eigenvalue weighted by Crippen LogP contribution is 2.38. The maximum Gasteiger partial charge on any atom is 0.139 e. The molecule has 0 radical (unpaired) electrons. The van der Waals surface area contributed by atoms with E-state index >= 15 is 0 Å². The van der Waals surface area contributed by atoms with E-state index in [1.54, 1.807) is 0 Å². The van der Waals surface area contributed by atoms with E-state index in [0.29, 0.717) is 12.3 Å². The average molecular weight is 232 g/mol. The zero-order valence-electron chi connectivity index (χ0n) is 10.3. The van der Waals surface area contributed by atoms with E-state index in [2.05, 4.69) is 6.92 Å². The van der Waals surface area contributed by atoms with E-state index in [9.17, 15) is 9.90 Å². The van der Waals surface area contributed by atoms with Crippen LogP contribution in [0.1, 0.15) is 44.3 Å². The molecule has 0 heterocycles. The Balaban J connectivity index is 2.21. The van der Waals surface area contributed by atoms with E-state index in [0.717, 1.165) is 24.8 Å². The van der Waals surface area contributed by atoms with Crippen molar-refractivity contribution in [3.05, 3.63) is 35.9 Å². The Labute approximate surface area is 103 Å². The summed E-state index contributed by atoms with van der Waals surface area (Å²) in [6, 6.07) is 9.55. The highest BCUT2D eigenvalue weighted by atomic mass is 16.3. The first-order valence-electron chi connectivity index (χ1n) is 6.49. The molecule has 0 bridgehead atoms. The zero-order valence-corrected chi connectivity index (χ0v) is 10.3. The monoisotopic (exact) mass is 232 g/mol. The highest BCUT2D eigenvalue weighted by molar-refractivity contribution is 5.82. The third-order valence-electron chi connectivity index (χ3n) is 3.88. The SMILES string of the molecule is CC[C@H]1CCCC(=O)[C@H]1[C@@H](O)c1ccccc1. The molecule has 3 atom stereocenters. The Hall–Kier alpha value is -1.15. The van der Waals surface area contributed by atoms with Gasteiger partial charge in [0.2, 0.25) is 0 Å². The van der Waals surface area contributed by atoms with Gasteiger partial charge in [-0.05, 0) is 24.3 Å². The predicted octanol–water partition coefficient (Wildman–Crippen LogP) is 3.12. The molecule has 1 N–H and O–H groups in total. The lowest BCUT2D eigenvalue weighted by molar-refractivity contribution is -0.132. The molecular weight excluding hydrogens is 212 g/mol. The van der Waals surface area contributed by atoms with Crippen LogP contribution in [0.2, 0.25) is 0 Å². The molecule has 2 heteroatoms. The van der Waals surface area contributed by atoms with Crippen molar-refractivity contribution < 1.29 is 9.90 Å². The molecule has 0 aliphatic heterocycles. The van der Waals surface area contributed by atoms with Crippen LogP contribution in [0.3, 0.4) is 0 Å². The first kappa shape index (κ1) is 12.3. The lowest BCUT2D eigenvalue weighted by Crippen LogP contribution is -2.33. The lowest BCUT2D eigenvalue weighted by Gasteiger charge is -2.33. The topological polar surface area (TPSA) is 37.3 Å². The van der Waals surface area contributed by atoms with E-state index in [-0.39, 0.29) is 11.7 Å². The molecule has 1 saturated carbocycles. The van der Waals surface area contributed by atoms with Crippen LogP contribution in [-0.2, 0) is 4.79 Å². The molecule has 0 unspecified atom stereocenters. The van der Waals surface area contributed by atoms with Crippen molar-refractivity contribution in [2.45, 2.75) is 38.7 Å². The Bertz CT molecular complexity index is 372. The Morgan fingerprint density at radius 1 is 1.35 bits per heavy atom. The number of ketones is 1. The molecule has 0 saturated heterocycles. The largest absolute Gasteiger partial charge is 0.388 e. The van der Waals surface area contributed by atoms with Crippen molar-refractivity contribution in [1.29, 1.82) is 0 Å². The number of hydrogen-bond donors (Lipinski definition) is 1. The number of rotatable bonds is 3. The molecule has 0 amide bonds. The molecule has 92 valence electrons. The maximum atomic E-state index is 12.0. The summed E-state index contributed by atoms with van der Waals surface area (Å²) in [5, 5.41) is 10.4. The first-order valence-corrected chi connectivity index (χ1v) is 6.49. The normalized spacial score (nSPS) is 26.8. The van der Waals surface area contributed by atoms with E-state index < -0.39 is 6.10 Å². The van der Waals surface area contributed by atoms with Crippen LogP contribution < -0.4 is 0 Å². The van der Waals surface area contributed by atoms with Gasteiger partial charge in [-0.1, -0.05) is 43.7 Å². The predicted molar refractivity (Wildman–Crippen MR) is 67.5 cm³/mol. The molecule has 1 fully saturated rings. The summed E-state index contributed by atoms with van der Waals surface area (Å²) in [7, 11) is 0. The third-order valence-corrected chi connectivity index (χ3v) is 3.88. The number of aliphatic hydroxyl groups excluding tert-OH is 1. The number of Topliss-reactive ketones (excluding diaryl/α,β-unsaturated/α-hetero) is 1. The molecule has 1 aliphatic carbocycles. The number of carbonyl (C=O) groups excluding carboxylic acids is 1. The molecule has 1 aromatic rings. The van der Waals surface area contributed by atoms with Crippen LogP contribution in [0.15, 0.2) is 30.3 Å². The third kappa shape index (κ3) is 2.58. The van der Waals surface area contributed by atoms with Crippen LogP contribution in [0.4, 0.5) is 0 Å². The van der Waals surface area contributed by atoms with Crippen LogP contribution in [-0.4, -0.2) is 10.9 Å². The van der Waals surface area contributed by atoms with Crippen molar-refractivity contribution in [2.24, 2.45) is 11.8 Å². The number of benzene rings is 1. The molecular formula is C15H20O2. The van der Waals surface area contributed by atoms with Gasteiger partial charge in [0.25, 0.3) is 0 Å². The molecule has 2 rings (SSSR count). The fourth-order valence-electron chi connectivity index (χ4n) is 2.90. The van der Waals surface area contributed by atoms with E-state index in [1.807, 2.05) is 30.3 Å². The molecule has 2 nitrogen and oxygen atoms in total. The van der Waals surface area contributed by atoms with Crippen molar-refractivity contribution in [1.82, 2.24) is 0 Å². The average Bonchev–Trinajstić information content (AvgIpc) is 2.38. The molecule has 1 aromatic carbocycles. The van der Waals surface area contributed by atoms with Gasteiger partial charge in [-0.15, -0.1) is 0 Å². The van der Waals surface area contributed by atoms with Gasteiger partial charge in [0.15, 0.2) is 0 Å². The van der Waals surface area contributed by atoms with Crippen LogP contribution in [0.25, 0.3) is 0 Å². The van der Waals surface area contributed by atoms with E-state index in [4.69, 9.17) is 0 Å². The molecule has 17 heavy (non-hydrogen) atoms.